The zero-order valence-corrected chi connectivity index (χ0v) is 15.9. The van der Waals surface area contributed by atoms with Crippen molar-refractivity contribution in [2.45, 2.75) is 52.6 Å². The van der Waals surface area contributed by atoms with Crippen molar-refractivity contribution in [2.24, 2.45) is 0 Å². The molecule has 2 atom stereocenters. The van der Waals surface area contributed by atoms with Gasteiger partial charge in [-0.05, 0) is 43.9 Å². The maximum absolute atomic E-state index is 13.1. The Hall–Kier alpha value is -1.79. The molecule has 2 nitrogen and oxygen atoms in total. The first-order chi connectivity index (χ1) is 11.5. The van der Waals surface area contributed by atoms with Crippen LogP contribution in [0.2, 0.25) is 0 Å². The highest BCUT2D eigenvalue weighted by Gasteiger charge is 2.28. The van der Waals surface area contributed by atoms with Gasteiger partial charge in [0.15, 0.2) is 7.80 Å². The van der Waals surface area contributed by atoms with E-state index in [4.69, 9.17) is 0 Å². The fraction of sp³-hybridized carbons (Fsp3) is 0.381. The van der Waals surface area contributed by atoms with Crippen LogP contribution in [0.1, 0.15) is 64.5 Å². The minimum absolute atomic E-state index is 0.200. The summed E-state index contributed by atoms with van der Waals surface area (Å²) in [6, 6.07) is 13.8. The first kappa shape index (κ1) is 18.5. The van der Waals surface area contributed by atoms with Crippen LogP contribution in [-0.2, 0) is 4.57 Å². The Bertz CT molecular complexity index is 712. The number of carbonyl (C=O) groups excluding carboxylic acids is 1. The van der Waals surface area contributed by atoms with Crippen LogP contribution in [0.15, 0.2) is 42.5 Å². The van der Waals surface area contributed by atoms with Crippen molar-refractivity contribution < 1.29 is 9.36 Å². The molecule has 2 aromatic carbocycles. The molecular formula is C21H26O2P. The zero-order valence-electron chi connectivity index (χ0n) is 15.0. The normalized spacial score (nSPS) is 12.8. The standard InChI is InChI=1S/C21H26O2P/c1-5-6-12-19(18-10-8-7-9-11-18)24(23)21(22)20-16(3)13-15(2)14-17(20)4/h7-11,13-14,19H,5-6,12H2,1-4H3. The van der Waals surface area contributed by atoms with Crippen molar-refractivity contribution in [3.05, 3.63) is 70.3 Å². The molecule has 0 bridgehead atoms. The lowest BCUT2D eigenvalue weighted by molar-refractivity contribution is 0.107. The Kier molecular flexibility index (Phi) is 6.45. The predicted molar refractivity (Wildman–Crippen MR) is 101 cm³/mol. The summed E-state index contributed by atoms with van der Waals surface area (Å²) in [7, 11) is -2.00. The fourth-order valence-electron chi connectivity index (χ4n) is 3.26. The monoisotopic (exact) mass is 341 g/mol. The van der Waals surface area contributed by atoms with Crippen LogP contribution in [0, 0.1) is 20.8 Å². The molecule has 0 saturated heterocycles. The quantitative estimate of drug-likeness (QED) is 0.538. The van der Waals surface area contributed by atoms with E-state index in [-0.39, 0.29) is 11.2 Å². The van der Waals surface area contributed by atoms with Gasteiger partial charge in [-0.25, -0.2) is 0 Å². The van der Waals surface area contributed by atoms with Crippen LogP contribution in [0.4, 0.5) is 0 Å². The third kappa shape index (κ3) is 4.19. The lowest BCUT2D eigenvalue weighted by atomic mass is 10.0. The number of rotatable bonds is 7. The molecule has 0 N–H and O–H groups in total. The van der Waals surface area contributed by atoms with E-state index in [9.17, 15) is 9.36 Å². The molecule has 2 unspecified atom stereocenters. The molecule has 0 aromatic heterocycles. The van der Waals surface area contributed by atoms with Gasteiger partial charge in [-0.1, -0.05) is 67.8 Å². The molecule has 0 aliphatic rings. The third-order valence-corrected chi connectivity index (χ3v) is 6.14. The molecule has 2 aromatic rings. The summed E-state index contributed by atoms with van der Waals surface area (Å²) in [5.41, 5.74) is 4.20. The molecular weight excluding hydrogens is 315 g/mol. The third-order valence-electron chi connectivity index (χ3n) is 4.39. The summed E-state index contributed by atoms with van der Waals surface area (Å²) in [6.45, 7) is 7.99. The van der Waals surface area contributed by atoms with E-state index in [1.807, 2.05) is 63.2 Å². The summed E-state index contributed by atoms with van der Waals surface area (Å²) >= 11 is 0. The van der Waals surface area contributed by atoms with Crippen molar-refractivity contribution in [3.8, 4) is 0 Å². The van der Waals surface area contributed by atoms with Gasteiger partial charge in [0, 0.05) is 5.56 Å². The van der Waals surface area contributed by atoms with Crippen LogP contribution >= 0.6 is 7.80 Å². The van der Waals surface area contributed by atoms with Crippen LogP contribution in [0.3, 0.4) is 0 Å². The van der Waals surface area contributed by atoms with E-state index in [1.165, 1.54) is 0 Å². The van der Waals surface area contributed by atoms with E-state index >= 15 is 0 Å². The lowest BCUT2D eigenvalue weighted by Crippen LogP contribution is -2.06. The van der Waals surface area contributed by atoms with Crippen LogP contribution < -0.4 is 0 Å². The molecule has 0 spiro atoms. The second-order valence-corrected chi connectivity index (χ2v) is 8.15. The highest BCUT2D eigenvalue weighted by Crippen LogP contribution is 2.47. The van der Waals surface area contributed by atoms with Gasteiger partial charge >= 0.3 is 0 Å². The second kappa shape index (κ2) is 8.35. The average molecular weight is 341 g/mol. The lowest BCUT2D eigenvalue weighted by Gasteiger charge is -2.17. The largest absolute Gasteiger partial charge is 0.281 e. The summed E-state index contributed by atoms with van der Waals surface area (Å²) in [6.07, 6.45) is 2.79. The Morgan fingerprint density at radius 3 is 2.17 bits per heavy atom. The van der Waals surface area contributed by atoms with Crippen molar-refractivity contribution in [2.75, 3.05) is 0 Å². The van der Waals surface area contributed by atoms with Gasteiger partial charge in [0.25, 0.3) is 0 Å². The van der Waals surface area contributed by atoms with Gasteiger partial charge in [0.05, 0.1) is 5.66 Å². The molecule has 0 aliphatic carbocycles. The SMILES string of the molecule is CCCCC(c1ccccc1)[P](=O)C(=O)c1c(C)cc(C)cc1C. The highest BCUT2D eigenvalue weighted by molar-refractivity contribution is 7.64. The van der Waals surface area contributed by atoms with Crippen LogP contribution in [-0.4, -0.2) is 5.52 Å². The molecule has 127 valence electrons. The average Bonchev–Trinajstić information content (AvgIpc) is 2.55. The Labute approximate surface area is 146 Å². The molecule has 2 rings (SSSR count). The molecule has 0 heterocycles. The smallest absolute Gasteiger partial charge is 0.242 e. The first-order valence-corrected chi connectivity index (χ1v) is 9.92. The number of carbonyl (C=O) groups is 1. The maximum atomic E-state index is 13.1. The first-order valence-electron chi connectivity index (χ1n) is 8.59. The summed E-state index contributed by atoms with van der Waals surface area (Å²) < 4.78 is 13.1. The second-order valence-electron chi connectivity index (χ2n) is 6.47. The van der Waals surface area contributed by atoms with Crippen molar-refractivity contribution in [3.63, 3.8) is 0 Å². The Morgan fingerprint density at radius 2 is 1.62 bits per heavy atom. The van der Waals surface area contributed by atoms with E-state index in [2.05, 4.69) is 6.92 Å². The van der Waals surface area contributed by atoms with Crippen LogP contribution in [0.5, 0.6) is 0 Å². The molecule has 0 fully saturated rings. The number of hydrogen-bond donors (Lipinski definition) is 0. The number of benzene rings is 2. The topological polar surface area (TPSA) is 34.1 Å². The number of unbranched alkanes of at least 4 members (excludes halogenated alkanes) is 1. The fourth-order valence-corrected chi connectivity index (χ4v) is 4.98. The number of hydrogen-bond acceptors (Lipinski definition) is 2. The number of aryl methyl sites for hydroxylation is 3. The minimum atomic E-state index is -2.00. The molecule has 0 amide bonds. The van der Waals surface area contributed by atoms with Crippen molar-refractivity contribution >= 4 is 13.3 Å². The van der Waals surface area contributed by atoms with E-state index < -0.39 is 7.80 Å². The molecule has 0 saturated carbocycles. The summed E-state index contributed by atoms with van der Waals surface area (Å²) in [5.74, 6) is 0. The van der Waals surface area contributed by atoms with Crippen molar-refractivity contribution in [1.82, 2.24) is 0 Å². The minimum Gasteiger partial charge on any atom is -0.281 e. The van der Waals surface area contributed by atoms with Gasteiger partial charge in [0.1, 0.15) is 0 Å². The van der Waals surface area contributed by atoms with Gasteiger partial charge in [-0.2, -0.15) is 0 Å². The van der Waals surface area contributed by atoms with Gasteiger partial charge < -0.3 is 0 Å². The zero-order chi connectivity index (χ0) is 17.7. The Balaban J connectivity index is 2.38. The predicted octanol–water partition coefficient (Wildman–Crippen LogP) is 6.51. The highest BCUT2D eigenvalue weighted by atomic mass is 31.1. The molecule has 3 heteroatoms. The van der Waals surface area contributed by atoms with Gasteiger partial charge in [-0.3, -0.25) is 9.36 Å². The maximum Gasteiger partial charge on any atom is 0.242 e. The van der Waals surface area contributed by atoms with E-state index in [0.717, 1.165) is 41.5 Å². The molecule has 24 heavy (non-hydrogen) atoms. The molecule has 0 aliphatic heterocycles. The van der Waals surface area contributed by atoms with E-state index in [1.54, 1.807) is 0 Å². The van der Waals surface area contributed by atoms with Gasteiger partial charge in [0.2, 0.25) is 5.52 Å². The van der Waals surface area contributed by atoms with E-state index in [0.29, 0.717) is 5.56 Å². The van der Waals surface area contributed by atoms with Crippen LogP contribution in [0.25, 0.3) is 0 Å². The van der Waals surface area contributed by atoms with Gasteiger partial charge in [-0.15, -0.1) is 0 Å². The summed E-state index contributed by atoms with van der Waals surface area (Å²) in [4.78, 5) is 13.0. The summed E-state index contributed by atoms with van der Waals surface area (Å²) in [5, 5.41) is 0. The van der Waals surface area contributed by atoms with Crippen molar-refractivity contribution in [1.29, 1.82) is 0 Å². The Morgan fingerprint density at radius 1 is 1.04 bits per heavy atom. The molecule has 1 radical (unpaired) electrons.